The monoisotopic (exact) mass is 484 g/mol. The minimum Gasteiger partial charge on any atom is -0.446 e. The number of carbonyl (C=O) groups is 1. The van der Waals surface area contributed by atoms with E-state index in [9.17, 15) is 4.79 Å². The zero-order valence-corrected chi connectivity index (χ0v) is 20.6. The topological polar surface area (TPSA) is 107 Å². The SMILES string of the molecule is C[C@@]1(CCc2ccc3ccc(NC(=O)OC4CCC4)nc3c2)CCC(c2ccc3c(N)ncnn23)C1. The Hall–Kier alpha value is -3.68. The summed E-state index contributed by atoms with van der Waals surface area (Å²) >= 11 is 0. The van der Waals surface area contributed by atoms with Gasteiger partial charge in [-0.05, 0) is 92.7 Å². The van der Waals surface area contributed by atoms with E-state index in [1.165, 1.54) is 24.0 Å². The molecular weight excluding hydrogens is 452 g/mol. The summed E-state index contributed by atoms with van der Waals surface area (Å²) < 4.78 is 7.35. The summed E-state index contributed by atoms with van der Waals surface area (Å²) in [5, 5.41) is 8.29. The number of nitrogens with one attached hydrogen (secondary N) is 1. The first kappa shape index (κ1) is 22.8. The van der Waals surface area contributed by atoms with Gasteiger partial charge in [0.25, 0.3) is 0 Å². The number of aromatic nitrogens is 4. The molecule has 2 aliphatic carbocycles. The lowest BCUT2D eigenvalue weighted by Crippen LogP contribution is -2.27. The first-order valence-corrected chi connectivity index (χ1v) is 12.9. The number of amides is 1. The highest BCUT2D eigenvalue weighted by Crippen LogP contribution is 2.49. The Kier molecular flexibility index (Phi) is 5.74. The fourth-order valence-electron chi connectivity index (χ4n) is 5.69. The molecule has 0 spiro atoms. The van der Waals surface area contributed by atoms with Crippen molar-refractivity contribution in [2.24, 2.45) is 5.41 Å². The average molecular weight is 485 g/mol. The highest BCUT2D eigenvalue weighted by Gasteiger charge is 2.36. The normalized spacial score (nSPS) is 22.1. The van der Waals surface area contributed by atoms with Crippen LogP contribution in [0.25, 0.3) is 16.4 Å². The lowest BCUT2D eigenvalue weighted by molar-refractivity contribution is 0.0623. The lowest BCUT2D eigenvalue weighted by Gasteiger charge is -2.25. The zero-order valence-electron chi connectivity index (χ0n) is 20.6. The molecule has 3 heterocycles. The number of nitrogens with two attached hydrogens (primary N) is 1. The van der Waals surface area contributed by atoms with Crippen molar-refractivity contribution in [3.8, 4) is 0 Å². The van der Waals surface area contributed by atoms with E-state index >= 15 is 0 Å². The van der Waals surface area contributed by atoms with Gasteiger partial charge in [-0.15, -0.1) is 0 Å². The van der Waals surface area contributed by atoms with E-state index in [4.69, 9.17) is 10.5 Å². The van der Waals surface area contributed by atoms with Crippen molar-refractivity contribution < 1.29 is 9.53 Å². The van der Waals surface area contributed by atoms with Crippen LogP contribution in [-0.2, 0) is 11.2 Å². The number of aryl methyl sites for hydroxylation is 1. The van der Waals surface area contributed by atoms with E-state index in [1.54, 1.807) is 0 Å². The molecule has 0 saturated heterocycles. The largest absolute Gasteiger partial charge is 0.446 e. The van der Waals surface area contributed by atoms with Crippen molar-refractivity contribution in [3.05, 3.63) is 60.0 Å². The van der Waals surface area contributed by atoms with E-state index in [0.717, 1.165) is 61.4 Å². The molecule has 2 aliphatic rings. The highest BCUT2D eigenvalue weighted by molar-refractivity contribution is 5.87. The van der Waals surface area contributed by atoms with Crippen LogP contribution in [-0.4, -0.2) is 31.8 Å². The molecule has 2 saturated carbocycles. The van der Waals surface area contributed by atoms with Gasteiger partial charge in [0.1, 0.15) is 23.8 Å². The van der Waals surface area contributed by atoms with Gasteiger partial charge in [-0.3, -0.25) is 5.32 Å². The van der Waals surface area contributed by atoms with E-state index < -0.39 is 6.09 Å². The quantitative estimate of drug-likeness (QED) is 0.354. The van der Waals surface area contributed by atoms with Gasteiger partial charge in [0.2, 0.25) is 0 Å². The van der Waals surface area contributed by atoms with Crippen LogP contribution in [0, 0.1) is 5.41 Å². The Bertz CT molecular complexity index is 1430. The fraction of sp³-hybridized carbons (Fsp3) is 0.429. The van der Waals surface area contributed by atoms with E-state index in [1.807, 2.05) is 22.7 Å². The Morgan fingerprint density at radius 2 is 2.06 bits per heavy atom. The minimum absolute atomic E-state index is 0.0523. The second kappa shape index (κ2) is 9.08. The number of hydrogen-bond acceptors (Lipinski definition) is 6. The number of benzene rings is 1. The lowest BCUT2D eigenvalue weighted by atomic mass is 9.81. The molecular formula is C28H32N6O2. The van der Waals surface area contributed by atoms with E-state index in [2.05, 4.69) is 51.6 Å². The van der Waals surface area contributed by atoms with Crippen LogP contribution in [0.4, 0.5) is 16.4 Å². The third-order valence-corrected chi connectivity index (χ3v) is 8.09. The maximum atomic E-state index is 12.1. The molecule has 8 heteroatoms. The first-order chi connectivity index (χ1) is 17.5. The molecule has 1 amide bonds. The van der Waals surface area contributed by atoms with Gasteiger partial charge in [-0.1, -0.05) is 19.1 Å². The van der Waals surface area contributed by atoms with E-state index in [-0.39, 0.29) is 11.5 Å². The molecule has 3 aromatic heterocycles. The number of anilines is 2. The van der Waals surface area contributed by atoms with Gasteiger partial charge in [0.05, 0.1) is 5.52 Å². The van der Waals surface area contributed by atoms with Gasteiger partial charge in [-0.2, -0.15) is 5.10 Å². The molecule has 4 aromatic rings. The van der Waals surface area contributed by atoms with Crippen LogP contribution in [0.1, 0.15) is 69.0 Å². The van der Waals surface area contributed by atoms with Gasteiger partial charge in [-0.25, -0.2) is 19.3 Å². The number of pyridine rings is 1. The van der Waals surface area contributed by atoms with Crippen molar-refractivity contribution in [2.75, 3.05) is 11.1 Å². The highest BCUT2D eigenvalue weighted by atomic mass is 16.6. The molecule has 6 rings (SSSR count). The summed E-state index contributed by atoms with van der Waals surface area (Å²) in [6.45, 7) is 2.40. The van der Waals surface area contributed by atoms with Crippen molar-refractivity contribution >= 4 is 34.1 Å². The van der Waals surface area contributed by atoms with Gasteiger partial charge in [0.15, 0.2) is 5.82 Å². The smallest absolute Gasteiger partial charge is 0.413 e. The van der Waals surface area contributed by atoms with Gasteiger partial charge in [0, 0.05) is 17.0 Å². The fourth-order valence-corrected chi connectivity index (χ4v) is 5.69. The van der Waals surface area contributed by atoms with Crippen molar-refractivity contribution in [1.29, 1.82) is 0 Å². The Labute approximate surface area is 210 Å². The first-order valence-electron chi connectivity index (χ1n) is 12.9. The molecule has 36 heavy (non-hydrogen) atoms. The number of nitrogens with zero attached hydrogens (tertiary/aromatic N) is 4. The molecule has 0 radical (unpaired) electrons. The van der Waals surface area contributed by atoms with Crippen LogP contribution >= 0.6 is 0 Å². The van der Waals surface area contributed by atoms with Gasteiger partial charge >= 0.3 is 6.09 Å². The van der Waals surface area contributed by atoms with Gasteiger partial charge < -0.3 is 10.5 Å². The van der Waals surface area contributed by atoms with Crippen LogP contribution in [0.3, 0.4) is 0 Å². The summed E-state index contributed by atoms with van der Waals surface area (Å²) in [7, 11) is 0. The number of carbonyl (C=O) groups excluding carboxylic acids is 1. The van der Waals surface area contributed by atoms with Crippen LogP contribution in [0.15, 0.2) is 48.8 Å². The maximum Gasteiger partial charge on any atom is 0.413 e. The predicted molar refractivity (Wildman–Crippen MR) is 140 cm³/mol. The third-order valence-electron chi connectivity index (χ3n) is 8.09. The summed E-state index contributed by atoms with van der Waals surface area (Å²) in [4.78, 5) is 20.9. The molecule has 2 fully saturated rings. The Morgan fingerprint density at radius 3 is 2.89 bits per heavy atom. The molecule has 2 atom stereocenters. The van der Waals surface area contributed by atoms with Crippen LogP contribution in [0.5, 0.6) is 0 Å². The summed E-state index contributed by atoms with van der Waals surface area (Å²) in [6.07, 6.45) is 9.77. The molecule has 186 valence electrons. The number of hydrogen-bond donors (Lipinski definition) is 2. The number of fused-ring (bicyclic) bond motifs is 2. The standard InChI is InChI=1S/C28H32N6O2/c1-28(14-12-20(16-28)23-8-9-24-26(29)30-17-31-34(23)24)13-11-18-5-6-19-7-10-25(32-22(19)15-18)33-27(35)36-21-3-2-4-21/h5-10,15,17,20-21H,2-4,11-14,16H2,1H3,(H2,29,30,31)(H,32,33,35)/t20?,28-/m1/s1. The second-order valence-electron chi connectivity index (χ2n) is 10.8. The molecule has 0 bridgehead atoms. The summed E-state index contributed by atoms with van der Waals surface area (Å²) in [6, 6.07) is 14.5. The van der Waals surface area contributed by atoms with Crippen molar-refractivity contribution in [3.63, 3.8) is 0 Å². The Balaban J connectivity index is 1.11. The summed E-state index contributed by atoms with van der Waals surface area (Å²) in [5.41, 5.74) is 10.6. The average Bonchev–Trinajstić information content (AvgIpc) is 3.45. The second-order valence-corrected chi connectivity index (χ2v) is 10.8. The van der Waals surface area contributed by atoms with Crippen LogP contribution < -0.4 is 11.1 Å². The molecule has 3 N–H and O–H groups in total. The number of ether oxygens (including phenoxy) is 1. The van der Waals surface area contributed by atoms with E-state index in [0.29, 0.717) is 17.6 Å². The third kappa shape index (κ3) is 4.47. The number of nitrogen functional groups attached to an aromatic ring is 1. The number of rotatable bonds is 6. The maximum absolute atomic E-state index is 12.1. The zero-order chi connectivity index (χ0) is 24.7. The minimum atomic E-state index is -0.420. The molecule has 0 aliphatic heterocycles. The molecule has 1 aromatic carbocycles. The molecule has 1 unspecified atom stereocenters. The van der Waals surface area contributed by atoms with Crippen molar-refractivity contribution in [2.45, 2.75) is 70.3 Å². The predicted octanol–water partition coefficient (Wildman–Crippen LogP) is 5.87. The van der Waals surface area contributed by atoms with Crippen LogP contribution in [0.2, 0.25) is 0 Å². The Morgan fingerprint density at radius 1 is 1.19 bits per heavy atom. The summed E-state index contributed by atoms with van der Waals surface area (Å²) in [5.74, 6) is 1.52. The molecule has 8 nitrogen and oxygen atoms in total. The van der Waals surface area contributed by atoms with Crippen molar-refractivity contribution in [1.82, 2.24) is 19.6 Å².